The highest BCUT2D eigenvalue weighted by Crippen LogP contribution is 2.12. The van der Waals surface area contributed by atoms with Crippen LogP contribution in [0.1, 0.15) is 15.9 Å². The molecule has 0 bridgehead atoms. The summed E-state index contributed by atoms with van der Waals surface area (Å²) in [7, 11) is 2.91. The van der Waals surface area contributed by atoms with Crippen molar-refractivity contribution in [2.75, 3.05) is 20.7 Å². The van der Waals surface area contributed by atoms with Gasteiger partial charge in [-0.05, 0) is 23.8 Å². The summed E-state index contributed by atoms with van der Waals surface area (Å²) in [5.74, 6) is -1.51. The number of carboxylic acid groups (broad SMARTS) is 1. The molecule has 0 spiro atoms. The van der Waals surface area contributed by atoms with E-state index in [1.54, 1.807) is 36.4 Å². The minimum atomic E-state index is -1.10. The molecule has 2 aromatic carbocycles. The molecule has 7 nitrogen and oxygen atoms in total. The van der Waals surface area contributed by atoms with Crippen LogP contribution in [0.2, 0.25) is 0 Å². The van der Waals surface area contributed by atoms with E-state index >= 15 is 0 Å². The Morgan fingerprint density at radius 1 is 1.11 bits per heavy atom. The van der Waals surface area contributed by atoms with Gasteiger partial charge in [-0.2, -0.15) is 0 Å². The Bertz CT molecular complexity index is 807. The Kier molecular flexibility index (Phi) is 6.93. The van der Waals surface area contributed by atoms with E-state index in [1.165, 1.54) is 14.2 Å². The molecule has 2 N–H and O–H groups in total. The van der Waals surface area contributed by atoms with Crippen molar-refractivity contribution in [1.82, 2.24) is 10.2 Å². The molecule has 0 aliphatic rings. The van der Waals surface area contributed by atoms with Crippen LogP contribution in [0.5, 0.6) is 5.75 Å². The molecule has 0 aliphatic heterocycles. The number of nitrogens with one attached hydrogen (secondary N) is 1. The van der Waals surface area contributed by atoms with Crippen LogP contribution in [0.15, 0.2) is 54.6 Å². The number of nitrogens with zero attached hydrogens (tertiary/aromatic N) is 1. The number of rotatable bonds is 8. The van der Waals surface area contributed by atoms with Gasteiger partial charge in [0.15, 0.2) is 0 Å². The SMILES string of the molecule is COc1cccc(C(=O)NCC(=O)N(C)C(Cc2ccccc2)C(=O)O)c1. The molecule has 0 radical (unpaired) electrons. The van der Waals surface area contributed by atoms with E-state index in [-0.39, 0.29) is 13.0 Å². The monoisotopic (exact) mass is 370 g/mol. The van der Waals surface area contributed by atoms with Crippen LogP contribution >= 0.6 is 0 Å². The molecular formula is C20H22N2O5. The van der Waals surface area contributed by atoms with Crippen molar-refractivity contribution in [3.63, 3.8) is 0 Å². The lowest BCUT2D eigenvalue weighted by molar-refractivity contribution is -0.148. The van der Waals surface area contributed by atoms with Crippen molar-refractivity contribution in [3.8, 4) is 5.75 Å². The molecule has 27 heavy (non-hydrogen) atoms. The Hall–Kier alpha value is -3.35. The summed E-state index contributed by atoms with van der Waals surface area (Å²) >= 11 is 0. The third-order valence-electron chi connectivity index (χ3n) is 4.15. The van der Waals surface area contributed by atoms with E-state index < -0.39 is 23.8 Å². The molecule has 1 unspecified atom stereocenters. The van der Waals surface area contributed by atoms with Gasteiger partial charge in [-0.1, -0.05) is 36.4 Å². The molecule has 142 valence electrons. The maximum absolute atomic E-state index is 12.4. The normalized spacial score (nSPS) is 11.3. The summed E-state index contributed by atoms with van der Waals surface area (Å²) < 4.78 is 5.06. The first-order valence-corrected chi connectivity index (χ1v) is 8.37. The number of hydrogen-bond acceptors (Lipinski definition) is 4. The van der Waals surface area contributed by atoms with Gasteiger partial charge in [-0.3, -0.25) is 9.59 Å². The summed E-state index contributed by atoms with van der Waals surface area (Å²) in [6, 6.07) is 14.6. The van der Waals surface area contributed by atoms with Gasteiger partial charge < -0.3 is 20.1 Å². The molecule has 0 aromatic heterocycles. The van der Waals surface area contributed by atoms with Gasteiger partial charge in [0.2, 0.25) is 5.91 Å². The Morgan fingerprint density at radius 3 is 2.44 bits per heavy atom. The maximum Gasteiger partial charge on any atom is 0.326 e. The zero-order chi connectivity index (χ0) is 19.8. The molecule has 1 atom stereocenters. The molecule has 7 heteroatoms. The first-order chi connectivity index (χ1) is 12.9. The van der Waals surface area contributed by atoms with Gasteiger partial charge in [0.1, 0.15) is 11.8 Å². The summed E-state index contributed by atoms with van der Waals surface area (Å²) in [6.45, 7) is -0.300. The fraction of sp³-hybridized carbons (Fsp3) is 0.250. The summed E-state index contributed by atoms with van der Waals surface area (Å²) in [6.07, 6.45) is 0.183. The highest BCUT2D eigenvalue weighted by molar-refractivity contribution is 5.97. The number of hydrogen-bond donors (Lipinski definition) is 2. The second kappa shape index (κ2) is 9.38. The first kappa shape index (κ1) is 20.0. The lowest BCUT2D eigenvalue weighted by Crippen LogP contribution is -2.47. The maximum atomic E-state index is 12.4. The number of benzene rings is 2. The lowest BCUT2D eigenvalue weighted by atomic mass is 10.0. The average molecular weight is 370 g/mol. The molecule has 0 fully saturated rings. The second-order valence-corrected chi connectivity index (χ2v) is 5.96. The third-order valence-corrected chi connectivity index (χ3v) is 4.15. The van der Waals surface area contributed by atoms with Crippen LogP contribution in [0.4, 0.5) is 0 Å². The number of likely N-dealkylation sites (N-methyl/N-ethyl adjacent to an activating group) is 1. The lowest BCUT2D eigenvalue weighted by Gasteiger charge is -2.25. The van der Waals surface area contributed by atoms with Gasteiger partial charge in [0, 0.05) is 19.0 Å². The fourth-order valence-corrected chi connectivity index (χ4v) is 2.55. The molecule has 0 saturated heterocycles. The van der Waals surface area contributed by atoms with Crippen LogP contribution in [-0.4, -0.2) is 54.5 Å². The smallest absolute Gasteiger partial charge is 0.326 e. The van der Waals surface area contributed by atoms with E-state index in [2.05, 4.69) is 5.32 Å². The Labute approximate surface area is 157 Å². The van der Waals surface area contributed by atoms with Crippen LogP contribution in [0.3, 0.4) is 0 Å². The number of carboxylic acids is 1. The molecule has 2 amide bonds. The van der Waals surface area contributed by atoms with E-state index in [0.29, 0.717) is 11.3 Å². The summed E-state index contributed by atoms with van der Waals surface area (Å²) in [4.78, 5) is 37.3. The molecule has 0 aliphatic carbocycles. The van der Waals surface area contributed by atoms with E-state index in [9.17, 15) is 19.5 Å². The average Bonchev–Trinajstić information content (AvgIpc) is 2.70. The van der Waals surface area contributed by atoms with Crippen molar-refractivity contribution in [3.05, 3.63) is 65.7 Å². The fourth-order valence-electron chi connectivity index (χ4n) is 2.55. The van der Waals surface area contributed by atoms with E-state index in [4.69, 9.17) is 4.74 Å². The Balaban J connectivity index is 1.98. The number of carbonyl (C=O) groups is 3. The molecular weight excluding hydrogens is 348 g/mol. The van der Waals surface area contributed by atoms with Crippen molar-refractivity contribution in [2.45, 2.75) is 12.5 Å². The van der Waals surface area contributed by atoms with Gasteiger partial charge in [-0.25, -0.2) is 4.79 Å². The highest BCUT2D eigenvalue weighted by Gasteiger charge is 2.27. The summed E-state index contributed by atoms with van der Waals surface area (Å²) in [5, 5.41) is 12.0. The van der Waals surface area contributed by atoms with Gasteiger partial charge in [0.25, 0.3) is 5.91 Å². The molecule has 2 rings (SSSR count). The predicted octanol–water partition coefficient (Wildman–Crippen LogP) is 1.58. The van der Waals surface area contributed by atoms with Crippen molar-refractivity contribution in [1.29, 1.82) is 0 Å². The molecule has 0 heterocycles. The zero-order valence-electron chi connectivity index (χ0n) is 15.2. The minimum Gasteiger partial charge on any atom is -0.497 e. The zero-order valence-corrected chi connectivity index (χ0v) is 15.2. The quantitative estimate of drug-likeness (QED) is 0.736. The van der Waals surface area contributed by atoms with E-state index in [0.717, 1.165) is 10.5 Å². The van der Waals surface area contributed by atoms with Gasteiger partial charge >= 0.3 is 5.97 Å². The van der Waals surface area contributed by atoms with E-state index in [1.807, 2.05) is 18.2 Å². The topological polar surface area (TPSA) is 95.9 Å². The van der Waals surface area contributed by atoms with Gasteiger partial charge in [0.05, 0.1) is 13.7 Å². The number of ether oxygens (including phenoxy) is 1. The van der Waals surface area contributed by atoms with Gasteiger partial charge in [-0.15, -0.1) is 0 Å². The van der Waals surface area contributed by atoms with Crippen molar-refractivity contribution < 1.29 is 24.2 Å². The summed E-state index contributed by atoms with van der Waals surface area (Å²) in [5.41, 5.74) is 1.16. The Morgan fingerprint density at radius 2 is 1.81 bits per heavy atom. The largest absolute Gasteiger partial charge is 0.497 e. The standard InChI is InChI=1S/C20H22N2O5/c1-22(17(20(25)26)11-14-7-4-3-5-8-14)18(23)13-21-19(24)15-9-6-10-16(12-15)27-2/h3-10,12,17H,11,13H2,1-2H3,(H,21,24)(H,25,26). The third kappa shape index (κ3) is 5.57. The number of carbonyl (C=O) groups excluding carboxylic acids is 2. The number of methoxy groups -OCH3 is 1. The highest BCUT2D eigenvalue weighted by atomic mass is 16.5. The molecule has 0 saturated carbocycles. The van der Waals surface area contributed by atoms with Crippen LogP contribution < -0.4 is 10.1 Å². The number of aliphatic carboxylic acids is 1. The molecule has 2 aromatic rings. The van der Waals surface area contributed by atoms with Crippen LogP contribution in [0.25, 0.3) is 0 Å². The van der Waals surface area contributed by atoms with Crippen molar-refractivity contribution in [2.24, 2.45) is 0 Å². The van der Waals surface area contributed by atoms with Crippen molar-refractivity contribution >= 4 is 17.8 Å². The number of amides is 2. The predicted molar refractivity (Wildman–Crippen MR) is 99.7 cm³/mol. The first-order valence-electron chi connectivity index (χ1n) is 8.37. The minimum absolute atomic E-state index is 0.183. The second-order valence-electron chi connectivity index (χ2n) is 5.96. The van der Waals surface area contributed by atoms with Crippen LogP contribution in [-0.2, 0) is 16.0 Å². The van der Waals surface area contributed by atoms with Crippen LogP contribution in [0, 0.1) is 0 Å².